The Morgan fingerprint density at radius 2 is 2.04 bits per heavy atom. The Labute approximate surface area is 142 Å². The van der Waals surface area contributed by atoms with Crippen molar-refractivity contribution >= 4 is 17.5 Å². The van der Waals surface area contributed by atoms with Gasteiger partial charge in [0.25, 0.3) is 0 Å². The lowest BCUT2D eigenvalue weighted by Gasteiger charge is -2.35. The van der Waals surface area contributed by atoms with Crippen LogP contribution in [0.15, 0.2) is 30.3 Å². The third-order valence-corrected chi connectivity index (χ3v) is 4.83. The Morgan fingerprint density at radius 1 is 1.25 bits per heavy atom. The summed E-state index contributed by atoms with van der Waals surface area (Å²) in [6.07, 6.45) is 1.93. The fourth-order valence-electron chi connectivity index (χ4n) is 3.67. The minimum absolute atomic E-state index is 0.00475. The second-order valence-corrected chi connectivity index (χ2v) is 6.56. The van der Waals surface area contributed by atoms with Crippen LogP contribution in [0.25, 0.3) is 0 Å². The van der Waals surface area contributed by atoms with E-state index in [9.17, 15) is 9.59 Å². The normalized spacial score (nSPS) is 24.0. The minimum Gasteiger partial charge on any atom is -0.383 e. The number of hydrogen-bond donors (Lipinski definition) is 1. The van der Waals surface area contributed by atoms with Crippen LogP contribution in [0.5, 0.6) is 0 Å². The number of nitrogens with zero attached hydrogens (tertiary/aromatic N) is 2. The second kappa shape index (κ2) is 7.77. The molecule has 3 aliphatic rings. The molecule has 1 aromatic carbocycles. The van der Waals surface area contributed by atoms with E-state index in [4.69, 9.17) is 4.74 Å². The zero-order valence-corrected chi connectivity index (χ0v) is 14.1. The van der Waals surface area contributed by atoms with Crippen LogP contribution >= 0.6 is 0 Å². The third kappa shape index (κ3) is 3.94. The molecule has 0 saturated carbocycles. The fourth-order valence-corrected chi connectivity index (χ4v) is 3.67. The number of anilines is 1. The van der Waals surface area contributed by atoms with Gasteiger partial charge in [0.15, 0.2) is 0 Å². The summed E-state index contributed by atoms with van der Waals surface area (Å²) in [7, 11) is 1.65. The SMILES string of the molecule is COCCN1C(=O)[C@H]2CC[C@@H]1CN(CC(=O)Nc1ccccc1)C2. The van der Waals surface area contributed by atoms with Crippen molar-refractivity contribution in [1.29, 1.82) is 0 Å². The Kier molecular flexibility index (Phi) is 5.48. The van der Waals surface area contributed by atoms with Crippen molar-refractivity contribution in [2.45, 2.75) is 18.9 Å². The Balaban J connectivity index is 1.60. The van der Waals surface area contributed by atoms with Gasteiger partial charge in [0.05, 0.1) is 19.1 Å². The summed E-state index contributed by atoms with van der Waals surface area (Å²) in [6.45, 7) is 2.95. The third-order valence-electron chi connectivity index (χ3n) is 4.83. The van der Waals surface area contributed by atoms with Crippen molar-refractivity contribution < 1.29 is 14.3 Å². The fraction of sp³-hybridized carbons (Fsp3) is 0.556. The van der Waals surface area contributed by atoms with Crippen LogP contribution in [-0.4, -0.2) is 67.6 Å². The lowest BCUT2D eigenvalue weighted by molar-refractivity contribution is -0.140. The average molecular weight is 331 g/mol. The first-order valence-corrected chi connectivity index (χ1v) is 8.54. The highest BCUT2D eigenvalue weighted by atomic mass is 16.5. The molecule has 4 rings (SSSR count). The quantitative estimate of drug-likeness (QED) is 0.851. The van der Waals surface area contributed by atoms with Gasteiger partial charge in [-0.25, -0.2) is 0 Å². The van der Waals surface area contributed by atoms with Crippen LogP contribution in [0.3, 0.4) is 0 Å². The van der Waals surface area contributed by atoms with E-state index in [1.54, 1.807) is 7.11 Å². The number of piperidine rings is 1. The summed E-state index contributed by atoms with van der Waals surface area (Å²) >= 11 is 0. The minimum atomic E-state index is -0.0293. The van der Waals surface area contributed by atoms with Crippen molar-refractivity contribution in [2.24, 2.45) is 5.92 Å². The maximum absolute atomic E-state index is 12.6. The summed E-state index contributed by atoms with van der Waals surface area (Å²) in [5.74, 6) is 0.192. The standard InChI is InChI=1S/C18H25N3O3/c1-24-10-9-21-16-8-7-14(18(21)23)11-20(12-16)13-17(22)19-15-5-3-2-4-6-15/h2-6,14,16H,7-13H2,1H3,(H,19,22)/t14-,16+/m0/s1. The molecule has 0 unspecified atom stereocenters. The maximum Gasteiger partial charge on any atom is 0.238 e. The Hall–Kier alpha value is -1.92. The van der Waals surface area contributed by atoms with Crippen LogP contribution in [0.2, 0.25) is 0 Å². The molecule has 130 valence electrons. The summed E-state index contributed by atoms with van der Waals surface area (Å²) in [4.78, 5) is 28.9. The molecule has 0 aliphatic carbocycles. The monoisotopic (exact) mass is 331 g/mol. The van der Waals surface area contributed by atoms with E-state index >= 15 is 0 Å². The molecule has 3 saturated heterocycles. The van der Waals surface area contributed by atoms with Gasteiger partial charge in [-0.3, -0.25) is 14.5 Å². The van der Waals surface area contributed by atoms with E-state index in [-0.39, 0.29) is 23.8 Å². The second-order valence-electron chi connectivity index (χ2n) is 6.56. The Morgan fingerprint density at radius 3 is 2.79 bits per heavy atom. The maximum atomic E-state index is 12.6. The molecule has 2 amide bonds. The highest BCUT2D eigenvalue weighted by Gasteiger charge is 2.40. The first kappa shape index (κ1) is 16.9. The number of amides is 2. The van der Waals surface area contributed by atoms with Crippen LogP contribution < -0.4 is 5.32 Å². The number of carbonyl (C=O) groups excluding carboxylic acids is 2. The zero-order valence-electron chi connectivity index (χ0n) is 14.1. The first-order valence-electron chi connectivity index (χ1n) is 8.54. The zero-order chi connectivity index (χ0) is 16.9. The van der Waals surface area contributed by atoms with Gasteiger partial charge in [-0.15, -0.1) is 0 Å². The van der Waals surface area contributed by atoms with Gasteiger partial charge in [0, 0.05) is 38.5 Å². The lowest BCUT2D eigenvalue weighted by atomic mass is 9.94. The number of carbonyl (C=O) groups is 2. The van der Waals surface area contributed by atoms with Crippen LogP contribution in [0.1, 0.15) is 12.8 Å². The van der Waals surface area contributed by atoms with Crippen LogP contribution in [-0.2, 0) is 14.3 Å². The van der Waals surface area contributed by atoms with Gasteiger partial charge in [-0.1, -0.05) is 18.2 Å². The molecule has 1 N–H and O–H groups in total. The van der Waals surface area contributed by atoms with Gasteiger partial charge < -0.3 is 15.0 Å². The van der Waals surface area contributed by atoms with E-state index in [1.165, 1.54) is 0 Å². The number of methoxy groups -OCH3 is 1. The van der Waals surface area contributed by atoms with Gasteiger partial charge in [0.2, 0.25) is 11.8 Å². The largest absolute Gasteiger partial charge is 0.383 e. The molecule has 3 fully saturated rings. The number of benzene rings is 1. The van der Waals surface area contributed by atoms with E-state index in [0.29, 0.717) is 26.2 Å². The number of ether oxygens (including phenoxy) is 1. The summed E-state index contributed by atoms with van der Waals surface area (Å²) < 4.78 is 5.13. The van der Waals surface area contributed by atoms with Crippen molar-refractivity contribution in [3.8, 4) is 0 Å². The number of nitrogens with one attached hydrogen (secondary N) is 1. The molecule has 6 heteroatoms. The molecule has 2 bridgehead atoms. The number of para-hydroxylation sites is 1. The topological polar surface area (TPSA) is 61.9 Å². The van der Waals surface area contributed by atoms with E-state index in [1.807, 2.05) is 35.2 Å². The molecular weight excluding hydrogens is 306 g/mol. The van der Waals surface area contributed by atoms with E-state index in [2.05, 4.69) is 10.2 Å². The molecular formula is C18H25N3O3. The van der Waals surface area contributed by atoms with Crippen LogP contribution in [0.4, 0.5) is 5.69 Å². The number of rotatable bonds is 6. The van der Waals surface area contributed by atoms with Gasteiger partial charge >= 0.3 is 0 Å². The predicted octanol–water partition coefficient (Wildman–Crippen LogP) is 1.19. The van der Waals surface area contributed by atoms with Crippen molar-refractivity contribution in [1.82, 2.24) is 9.80 Å². The smallest absolute Gasteiger partial charge is 0.238 e. The van der Waals surface area contributed by atoms with E-state index < -0.39 is 0 Å². The first-order chi connectivity index (χ1) is 11.7. The summed E-state index contributed by atoms with van der Waals surface area (Å²) in [5.41, 5.74) is 0.804. The molecule has 3 aliphatic heterocycles. The lowest BCUT2D eigenvalue weighted by Crippen LogP contribution is -2.49. The molecule has 6 nitrogen and oxygen atoms in total. The van der Waals surface area contributed by atoms with Crippen molar-refractivity contribution in [2.75, 3.05) is 45.2 Å². The van der Waals surface area contributed by atoms with Gasteiger partial charge in [-0.2, -0.15) is 0 Å². The van der Waals surface area contributed by atoms with Crippen molar-refractivity contribution in [3.63, 3.8) is 0 Å². The molecule has 0 radical (unpaired) electrons. The number of fused-ring (bicyclic) bond motifs is 4. The van der Waals surface area contributed by atoms with Gasteiger partial charge in [0.1, 0.15) is 0 Å². The molecule has 3 heterocycles. The highest BCUT2D eigenvalue weighted by Crippen LogP contribution is 2.28. The molecule has 24 heavy (non-hydrogen) atoms. The van der Waals surface area contributed by atoms with Gasteiger partial charge in [-0.05, 0) is 25.0 Å². The average Bonchev–Trinajstić information content (AvgIpc) is 2.84. The molecule has 2 atom stereocenters. The molecule has 0 spiro atoms. The number of hydrogen-bond acceptors (Lipinski definition) is 4. The highest BCUT2D eigenvalue weighted by molar-refractivity contribution is 5.92. The Bertz CT molecular complexity index is 578. The molecule has 0 aromatic heterocycles. The predicted molar refractivity (Wildman–Crippen MR) is 91.6 cm³/mol. The summed E-state index contributed by atoms with van der Waals surface area (Å²) in [6, 6.07) is 9.65. The molecule has 1 aromatic rings. The van der Waals surface area contributed by atoms with E-state index in [0.717, 1.165) is 25.1 Å². The van der Waals surface area contributed by atoms with Crippen LogP contribution in [0, 0.1) is 5.92 Å². The summed E-state index contributed by atoms with van der Waals surface area (Å²) in [5, 5.41) is 2.92. The van der Waals surface area contributed by atoms with Crippen molar-refractivity contribution in [3.05, 3.63) is 30.3 Å².